The standard InChI is InChI=1S/C29H36ClF4N7O/c1-5-16-12-36-13-17(6-2)41(16)27-19-11-20(30)22(26-23(29(32,33)34)15(3)10-21(35)37-26)24(31)25(19)38-28(39-27)42-14-18-8-7-9-40(18)4/h10-11,16-18,36H,5-9,12-14H2,1-4H3,(H2,35,37)/t16?,17?,18-/m0/s1. The first-order valence-electron chi connectivity index (χ1n) is 14.3. The highest BCUT2D eigenvalue weighted by Crippen LogP contribution is 2.45. The fourth-order valence-electron chi connectivity index (χ4n) is 6.18. The molecule has 2 aliphatic heterocycles. The lowest BCUT2D eigenvalue weighted by molar-refractivity contribution is -0.137. The van der Waals surface area contributed by atoms with Crippen molar-refractivity contribution in [2.45, 2.75) is 70.8 Å². The van der Waals surface area contributed by atoms with E-state index >= 15 is 4.39 Å². The molecule has 4 heterocycles. The minimum atomic E-state index is -4.83. The van der Waals surface area contributed by atoms with Crippen molar-refractivity contribution in [2.75, 3.05) is 43.9 Å². The number of halogens is 5. The number of hydrogen-bond donors (Lipinski definition) is 2. The molecule has 2 saturated heterocycles. The van der Waals surface area contributed by atoms with Gasteiger partial charge in [0.15, 0.2) is 5.82 Å². The van der Waals surface area contributed by atoms with Crippen molar-refractivity contribution in [1.29, 1.82) is 0 Å². The van der Waals surface area contributed by atoms with Gasteiger partial charge >= 0.3 is 12.2 Å². The van der Waals surface area contributed by atoms with Crippen LogP contribution in [0, 0.1) is 12.7 Å². The van der Waals surface area contributed by atoms with E-state index in [1.165, 1.54) is 13.0 Å². The first kappa shape index (κ1) is 30.5. The molecule has 0 spiro atoms. The van der Waals surface area contributed by atoms with E-state index in [4.69, 9.17) is 27.1 Å². The SMILES string of the molecule is CCC1CNCC(CC)N1c1nc(OC[C@@H]2CCCN2C)nc2c(F)c(-c3nc(N)cc(C)c3C(F)(F)F)c(Cl)cc12. The van der Waals surface area contributed by atoms with Gasteiger partial charge in [-0.05, 0) is 63.9 Å². The van der Waals surface area contributed by atoms with Crippen LogP contribution in [0.1, 0.15) is 50.7 Å². The number of aryl methyl sites for hydroxylation is 1. The molecule has 5 rings (SSSR count). The van der Waals surface area contributed by atoms with E-state index in [2.05, 4.69) is 38.9 Å². The summed E-state index contributed by atoms with van der Waals surface area (Å²) in [6, 6.07) is 2.71. The molecule has 0 bridgehead atoms. The zero-order valence-corrected chi connectivity index (χ0v) is 24.9. The molecule has 3 aromatic rings. The number of pyridine rings is 1. The Morgan fingerprint density at radius 2 is 1.79 bits per heavy atom. The summed E-state index contributed by atoms with van der Waals surface area (Å²) in [5.74, 6) is -0.783. The summed E-state index contributed by atoms with van der Waals surface area (Å²) in [5.41, 5.74) is 3.15. The summed E-state index contributed by atoms with van der Waals surface area (Å²) in [4.78, 5) is 17.4. The topological polar surface area (TPSA) is 92.4 Å². The Bertz CT molecular complexity index is 1460. The Kier molecular flexibility index (Phi) is 8.69. The normalized spacial score (nSPS) is 21.8. The molecule has 2 fully saturated rings. The lowest BCUT2D eigenvalue weighted by atomic mass is 9.98. The molecule has 13 heteroatoms. The fraction of sp³-hybridized carbons (Fsp3) is 0.552. The van der Waals surface area contributed by atoms with Gasteiger partial charge in [-0.3, -0.25) is 0 Å². The van der Waals surface area contributed by atoms with Gasteiger partial charge in [0.25, 0.3) is 0 Å². The molecule has 1 aromatic carbocycles. The van der Waals surface area contributed by atoms with Gasteiger partial charge in [0, 0.05) is 36.6 Å². The van der Waals surface area contributed by atoms with E-state index in [9.17, 15) is 13.2 Å². The Morgan fingerprint density at radius 1 is 1.10 bits per heavy atom. The highest BCUT2D eigenvalue weighted by molar-refractivity contribution is 6.34. The number of alkyl halides is 3. The number of nitrogens with one attached hydrogen (secondary N) is 1. The first-order valence-corrected chi connectivity index (χ1v) is 14.7. The van der Waals surface area contributed by atoms with Crippen LogP contribution in [0.25, 0.3) is 22.2 Å². The number of nitrogens with two attached hydrogens (primary N) is 1. The summed E-state index contributed by atoms with van der Waals surface area (Å²) in [5, 5.41) is 3.50. The minimum absolute atomic E-state index is 0.0344. The van der Waals surface area contributed by atoms with Crippen molar-refractivity contribution in [3.63, 3.8) is 0 Å². The molecule has 2 aliphatic rings. The van der Waals surface area contributed by atoms with E-state index in [1.54, 1.807) is 0 Å². The van der Waals surface area contributed by atoms with Gasteiger partial charge in [-0.2, -0.15) is 23.1 Å². The highest BCUT2D eigenvalue weighted by Gasteiger charge is 2.39. The van der Waals surface area contributed by atoms with Crippen molar-refractivity contribution in [3.8, 4) is 17.3 Å². The Hall–Kier alpha value is -2.96. The van der Waals surface area contributed by atoms with Crippen molar-refractivity contribution in [2.24, 2.45) is 0 Å². The van der Waals surface area contributed by atoms with Gasteiger partial charge in [0.2, 0.25) is 0 Å². The third kappa shape index (κ3) is 5.68. The fourth-order valence-corrected chi connectivity index (χ4v) is 6.46. The Labute approximate surface area is 247 Å². The van der Waals surface area contributed by atoms with Crippen LogP contribution in [0.2, 0.25) is 5.02 Å². The monoisotopic (exact) mass is 609 g/mol. The second-order valence-electron chi connectivity index (χ2n) is 11.1. The summed E-state index contributed by atoms with van der Waals surface area (Å²) >= 11 is 6.61. The second-order valence-corrected chi connectivity index (χ2v) is 11.5. The van der Waals surface area contributed by atoms with E-state index in [1.807, 2.05) is 7.05 Å². The summed E-state index contributed by atoms with van der Waals surface area (Å²) in [6.45, 7) is 8.00. The summed E-state index contributed by atoms with van der Waals surface area (Å²) < 4.78 is 65.3. The summed E-state index contributed by atoms with van der Waals surface area (Å²) in [6.07, 6.45) is -1.27. The van der Waals surface area contributed by atoms with Crippen molar-refractivity contribution < 1.29 is 22.3 Å². The molecular formula is C29H36ClF4N7O. The van der Waals surface area contributed by atoms with Gasteiger partial charge in [-0.25, -0.2) is 9.37 Å². The molecule has 42 heavy (non-hydrogen) atoms. The van der Waals surface area contributed by atoms with Crippen molar-refractivity contribution >= 4 is 34.1 Å². The number of anilines is 2. The molecule has 2 unspecified atom stereocenters. The number of likely N-dealkylation sites (tertiary alicyclic amines) is 1. The van der Waals surface area contributed by atoms with Gasteiger partial charge in [0.05, 0.1) is 21.8 Å². The average Bonchev–Trinajstić information content (AvgIpc) is 3.34. The van der Waals surface area contributed by atoms with E-state index in [-0.39, 0.29) is 46.1 Å². The molecule has 228 valence electrons. The van der Waals surface area contributed by atoms with Crippen LogP contribution in [0.5, 0.6) is 6.01 Å². The third-order valence-corrected chi connectivity index (χ3v) is 8.71. The highest BCUT2D eigenvalue weighted by atomic mass is 35.5. The molecule has 0 radical (unpaired) electrons. The smallest absolute Gasteiger partial charge is 0.418 e. The Balaban J connectivity index is 1.75. The van der Waals surface area contributed by atoms with Crippen molar-refractivity contribution in [1.82, 2.24) is 25.2 Å². The van der Waals surface area contributed by atoms with E-state index in [0.29, 0.717) is 30.9 Å². The van der Waals surface area contributed by atoms with Gasteiger partial charge in [-0.1, -0.05) is 25.4 Å². The number of ether oxygens (including phenoxy) is 1. The van der Waals surface area contributed by atoms with Crippen molar-refractivity contribution in [3.05, 3.63) is 34.1 Å². The van der Waals surface area contributed by atoms with Crippen LogP contribution < -0.4 is 20.7 Å². The zero-order valence-electron chi connectivity index (χ0n) is 24.2. The van der Waals surface area contributed by atoms with Crippen LogP contribution in [-0.2, 0) is 6.18 Å². The number of benzene rings is 1. The maximum absolute atomic E-state index is 16.6. The Morgan fingerprint density at radius 3 is 2.38 bits per heavy atom. The largest absolute Gasteiger partial charge is 0.462 e. The number of nitrogen functional groups attached to an aromatic ring is 1. The number of hydrogen-bond acceptors (Lipinski definition) is 8. The first-order chi connectivity index (χ1) is 19.9. The lowest BCUT2D eigenvalue weighted by Gasteiger charge is -2.43. The van der Waals surface area contributed by atoms with E-state index in [0.717, 1.165) is 38.3 Å². The van der Waals surface area contributed by atoms with Crippen LogP contribution in [0.15, 0.2) is 12.1 Å². The number of nitrogens with zero attached hydrogens (tertiary/aromatic N) is 5. The second kappa shape index (κ2) is 12.0. The van der Waals surface area contributed by atoms with E-state index < -0.39 is 28.8 Å². The molecule has 3 atom stereocenters. The third-order valence-electron chi connectivity index (χ3n) is 8.41. The maximum Gasteiger partial charge on any atom is 0.418 e. The minimum Gasteiger partial charge on any atom is -0.462 e. The molecular weight excluding hydrogens is 574 g/mol. The summed E-state index contributed by atoms with van der Waals surface area (Å²) in [7, 11) is 2.01. The molecule has 8 nitrogen and oxygen atoms in total. The molecule has 0 saturated carbocycles. The zero-order chi connectivity index (χ0) is 30.3. The van der Waals surface area contributed by atoms with Crippen LogP contribution >= 0.6 is 11.6 Å². The molecule has 2 aromatic heterocycles. The molecule has 0 amide bonds. The average molecular weight is 610 g/mol. The number of piperazine rings is 1. The number of rotatable bonds is 7. The van der Waals surface area contributed by atoms with Gasteiger partial charge in [-0.15, -0.1) is 0 Å². The molecule has 0 aliphatic carbocycles. The van der Waals surface area contributed by atoms with Gasteiger partial charge in [0.1, 0.15) is 23.8 Å². The quantitative estimate of drug-likeness (QED) is 0.323. The van der Waals surface area contributed by atoms with Crippen LogP contribution in [-0.4, -0.2) is 71.3 Å². The predicted octanol–water partition coefficient (Wildman–Crippen LogP) is 5.83. The van der Waals surface area contributed by atoms with Gasteiger partial charge < -0.3 is 25.6 Å². The lowest BCUT2D eigenvalue weighted by Crippen LogP contribution is -2.57. The number of aromatic nitrogens is 3. The number of fused-ring (bicyclic) bond motifs is 1. The number of likely N-dealkylation sites (N-methyl/N-ethyl adjacent to an activating group) is 1. The maximum atomic E-state index is 16.6. The van der Waals surface area contributed by atoms with Crippen LogP contribution in [0.3, 0.4) is 0 Å². The molecule has 3 N–H and O–H groups in total. The van der Waals surface area contributed by atoms with Crippen LogP contribution in [0.4, 0.5) is 29.2 Å². The predicted molar refractivity (Wildman–Crippen MR) is 157 cm³/mol.